The van der Waals surface area contributed by atoms with Crippen LogP contribution in [0.15, 0.2) is 54.7 Å². The minimum absolute atomic E-state index is 0.131. The van der Waals surface area contributed by atoms with Crippen LogP contribution in [0.3, 0.4) is 0 Å². The highest BCUT2D eigenvalue weighted by Crippen LogP contribution is 2.25. The number of carboxylic acids is 1. The molecule has 2 N–H and O–H groups in total. The van der Waals surface area contributed by atoms with Crippen LogP contribution in [0.5, 0.6) is 0 Å². The third-order valence-electron chi connectivity index (χ3n) is 5.62. The molecule has 1 atom stereocenters. The Labute approximate surface area is 192 Å². The van der Waals surface area contributed by atoms with Gasteiger partial charge in [-0.15, -0.1) is 0 Å². The quantitative estimate of drug-likeness (QED) is 0.632. The minimum Gasteiger partial charge on any atom is -0.481 e. The Hall–Kier alpha value is -3.94. The lowest BCUT2D eigenvalue weighted by Crippen LogP contribution is -2.57. The van der Waals surface area contributed by atoms with Crippen LogP contribution < -0.4 is 10.2 Å². The van der Waals surface area contributed by atoms with Gasteiger partial charge in [0.1, 0.15) is 0 Å². The maximum atomic E-state index is 13.1. The predicted octanol–water partition coefficient (Wildman–Crippen LogP) is 2.81. The second-order valence-electron chi connectivity index (χ2n) is 8.03. The molecule has 3 amide bonds. The van der Waals surface area contributed by atoms with Gasteiger partial charge in [0.05, 0.1) is 6.42 Å². The number of hydrogen-bond donors (Lipinski definition) is 2. The molecule has 33 heavy (non-hydrogen) atoms. The van der Waals surface area contributed by atoms with E-state index in [-0.39, 0.29) is 13.0 Å². The number of anilines is 1. The third-order valence-corrected chi connectivity index (χ3v) is 5.62. The van der Waals surface area contributed by atoms with Crippen molar-refractivity contribution in [2.24, 2.45) is 0 Å². The highest BCUT2D eigenvalue weighted by molar-refractivity contribution is 6.19. The molecule has 1 heterocycles. The molecule has 0 saturated carbocycles. The highest BCUT2D eigenvalue weighted by atomic mass is 16.4. The van der Waals surface area contributed by atoms with Gasteiger partial charge >= 0.3 is 12.0 Å². The molecule has 0 aromatic heterocycles. The zero-order valence-electron chi connectivity index (χ0n) is 18.9. The Bertz CT molecular complexity index is 1100. The smallest absolute Gasteiger partial charge is 0.323 e. The van der Waals surface area contributed by atoms with Crippen molar-refractivity contribution in [1.82, 2.24) is 10.2 Å². The molecule has 0 aliphatic carbocycles. The number of urea groups is 1. The van der Waals surface area contributed by atoms with Gasteiger partial charge in [-0.1, -0.05) is 30.3 Å². The molecule has 0 saturated heterocycles. The molecule has 0 unspecified atom stereocenters. The fourth-order valence-electron chi connectivity index (χ4n) is 3.80. The van der Waals surface area contributed by atoms with E-state index < -0.39 is 29.7 Å². The molecular weight excluding hydrogens is 422 g/mol. The van der Waals surface area contributed by atoms with E-state index in [0.717, 1.165) is 21.6 Å². The van der Waals surface area contributed by atoms with E-state index in [2.05, 4.69) is 5.32 Å². The summed E-state index contributed by atoms with van der Waals surface area (Å²) in [5.74, 6) is -2.13. The van der Waals surface area contributed by atoms with E-state index in [0.29, 0.717) is 12.1 Å². The summed E-state index contributed by atoms with van der Waals surface area (Å²) in [4.78, 5) is 51.8. The van der Waals surface area contributed by atoms with Crippen LogP contribution in [0.2, 0.25) is 0 Å². The number of benzene rings is 2. The van der Waals surface area contributed by atoms with Crippen molar-refractivity contribution in [3.63, 3.8) is 0 Å². The van der Waals surface area contributed by atoms with Crippen molar-refractivity contribution in [2.75, 3.05) is 18.5 Å². The summed E-state index contributed by atoms with van der Waals surface area (Å²) < 4.78 is 0. The summed E-state index contributed by atoms with van der Waals surface area (Å²) in [6, 6.07) is 11.1. The summed E-state index contributed by atoms with van der Waals surface area (Å²) >= 11 is 0. The number of hydrogen-bond acceptors (Lipinski definition) is 4. The molecular formula is C25H27N3O5. The first kappa shape index (κ1) is 23.7. The minimum atomic E-state index is -1.37. The van der Waals surface area contributed by atoms with Crippen LogP contribution in [0.4, 0.5) is 10.5 Å². The first-order valence-corrected chi connectivity index (χ1v) is 10.6. The third kappa shape index (κ3) is 5.46. The van der Waals surface area contributed by atoms with Crippen molar-refractivity contribution in [2.45, 2.75) is 32.7 Å². The number of likely N-dealkylation sites (N-methyl/N-ethyl adjacent to an activating group) is 1. The SMILES string of the molecule is Cc1cccc(C)c1Cc1cccc(N(C(=O)NCCC(=O)O)[C@H]2C(=O)C=CN(C)C2=O)c1. The Morgan fingerprint density at radius 2 is 1.76 bits per heavy atom. The van der Waals surface area contributed by atoms with Crippen LogP contribution >= 0.6 is 0 Å². The molecule has 172 valence electrons. The van der Waals surface area contributed by atoms with Gasteiger partial charge in [0.25, 0.3) is 5.91 Å². The van der Waals surface area contributed by atoms with Gasteiger partial charge < -0.3 is 15.3 Å². The Balaban J connectivity index is 1.98. The lowest BCUT2D eigenvalue weighted by molar-refractivity contribution is -0.137. The maximum absolute atomic E-state index is 13.1. The van der Waals surface area contributed by atoms with Crippen molar-refractivity contribution in [3.05, 3.63) is 77.0 Å². The Morgan fingerprint density at radius 1 is 1.09 bits per heavy atom. The van der Waals surface area contributed by atoms with Gasteiger partial charge in [0.15, 0.2) is 11.8 Å². The number of ketones is 1. The average Bonchev–Trinajstić information content (AvgIpc) is 2.76. The molecule has 0 radical (unpaired) electrons. The van der Waals surface area contributed by atoms with Gasteiger partial charge in [-0.25, -0.2) is 4.79 Å². The molecule has 2 aromatic rings. The number of aliphatic carboxylic acids is 1. The number of carboxylic acid groups (broad SMARTS) is 1. The number of nitrogens with one attached hydrogen (secondary N) is 1. The topological polar surface area (TPSA) is 107 Å². The average molecular weight is 450 g/mol. The van der Waals surface area contributed by atoms with Crippen molar-refractivity contribution in [1.29, 1.82) is 0 Å². The van der Waals surface area contributed by atoms with Crippen LogP contribution in [-0.4, -0.2) is 53.3 Å². The number of carbonyl (C=O) groups excluding carboxylic acids is 3. The number of nitrogens with zero attached hydrogens (tertiary/aromatic N) is 2. The molecule has 8 heteroatoms. The van der Waals surface area contributed by atoms with Crippen LogP contribution in [0, 0.1) is 13.8 Å². The first-order valence-electron chi connectivity index (χ1n) is 10.6. The van der Waals surface area contributed by atoms with Crippen molar-refractivity contribution < 1.29 is 24.3 Å². The zero-order valence-corrected chi connectivity index (χ0v) is 18.9. The second kappa shape index (κ2) is 10.1. The van der Waals surface area contributed by atoms with Crippen molar-refractivity contribution >= 4 is 29.4 Å². The van der Waals surface area contributed by atoms with Crippen LogP contribution in [0.25, 0.3) is 0 Å². The number of carbonyl (C=O) groups is 4. The van der Waals surface area contributed by atoms with E-state index in [4.69, 9.17) is 5.11 Å². The van der Waals surface area contributed by atoms with Crippen LogP contribution in [-0.2, 0) is 20.8 Å². The highest BCUT2D eigenvalue weighted by Gasteiger charge is 2.39. The standard InChI is InChI=1S/C25H27N3O5/c1-16-6-4-7-17(2)20(16)15-18-8-5-9-19(14-18)28(25(33)26-12-10-22(30)31)23-21(29)11-13-27(3)24(23)32/h4-9,11,13-14,23H,10,12,15H2,1-3H3,(H,26,33)(H,30,31)/t23-/m0/s1. The Kier molecular flexibility index (Phi) is 7.27. The van der Waals surface area contributed by atoms with E-state index in [1.54, 1.807) is 18.2 Å². The monoisotopic (exact) mass is 449 g/mol. The Morgan fingerprint density at radius 3 is 2.42 bits per heavy atom. The van der Waals surface area contributed by atoms with E-state index in [1.165, 1.54) is 29.8 Å². The summed E-state index contributed by atoms with van der Waals surface area (Å²) in [5, 5.41) is 11.4. The van der Waals surface area contributed by atoms with Gasteiger partial charge in [0.2, 0.25) is 0 Å². The fourth-order valence-corrected chi connectivity index (χ4v) is 3.80. The van der Waals surface area contributed by atoms with Gasteiger partial charge in [-0.3, -0.25) is 19.3 Å². The molecule has 2 aromatic carbocycles. The molecule has 1 aliphatic heterocycles. The number of aryl methyl sites for hydroxylation is 2. The van der Waals surface area contributed by atoms with Gasteiger partial charge in [-0.05, 0) is 54.7 Å². The van der Waals surface area contributed by atoms with E-state index in [1.807, 2.05) is 38.1 Å². The lowest BCUT2D eigenvalue weighted by Gasteiger charge is -2.33. The molecule has 8 nitrogen and oxygen atoms in total. The number of amides is 3. The predicted molar refractivity (Wildman–Crippen MR) is 124 cm³/mol. The first-order chi connectivity index (χ1) is 15.7. The molecule has 0 fully saturated rings. The lowest BCUT2D eigenvalue weighted by atomic mass is 9.95. The summed E-state index contributed by atoms with van der Waals surface area (Å²) in [6.45, 7) is 3.94. The second-order valence-corrected chi connectivity index (χ2v) is 8.03. The van der Waals surface area contributed by atoms with Gasteiger partial charge in [-0.2, -0.15) is 0 Å². The zero-order chi connectivity index (χ0) is 24.1. The van der Waals surface area contributed by atoms with Crippen molar-refractivity contribution in [3.8, 4) is 0 Å². The summed E-state index contributed by atoms with van der Waals surface area (Å²) in [6.07, 6.45) is 2.95. The summed E-state index contributed by atoms with van der Waals surface area (Å²) in [7, 11) is 1.51. The van der Waals surface area contributed by atoms with Gasteiger partial charge in [0, 0.05) is 31.6 Å². The molecule has 0 spiro atoms. The maximum Gasteiger partial charge on any atom is 0.323 e. The summed E-state index contributed by atoms with van der Waals surface area (Å²) in [5.41, 5.74) is 4.75. The van der Waals surface area contributed by atoms with E-state index >= 15 is 0 Å². The molecule has 0 bridgehead atoms. The largest absolute Gasteiger partial charge is 0.481 e. The molecule has 1 aliphatic rings. The number of rotatable bonds is 7. The van der Waals surface area contributed by atoms with Crippen LogP contribution in [0.1, 0.15) is 28.7 Å². The molecule has 3 rings (SSSR count). The fraction of sp³-hybridized carbons (Fsp3) is 0.280. The normalized spacial score (nSPS) is 15.5. The van der Waals surface area contributed by atoms with E-state index in [9.17, 15) is 19.2 Å².